The van der Waals surface area contributed by atoms with Crippen molar-refractivity contribution in [2.24, 2.45) is 0 Å². The van der Waals surface area contributed by atoms with E-state index in [4.69, 9.17) is 5.11 Å². The number of urea groups is 1. The largest absolute Gasteiger partial charge is 0.395 e. The molecule has 6 heteroatoms. The molecule has 1 aliphatic carbocycles. The number of nitrogens with zero attached hydrogens (tertiary/aromatic N) is 2. The molecule has 0 aliphatic heterocycles. The normalized spacial score (nSPS) is 14.2. The molecule has 22 heavy (non-hydrogen) atoms. The van der Waals surface area contributed by atoms with Gasteiger partial charge in [0.1, 0.15) is 0 Å². The van der Waals surface area contributed by atoms with Crippen molar-refractivity contribution < 1.29 is 9.90 Å². The van der Waals surface area contributed by atoms with Gasteiger partial charge in [0, 0.05) is 25.6 Å². The van der Waals surface area contributed by atoms with Crippen molar-refractivity contribution in [1.29, 1.82) is 0 Å². The number of hydrogen-bond acceptors (Lipinski definition) is 4. The summed E-state index contributed by atoms with van der Waals surface area (Å²) in [5.74, 6) is 0. The number of para-hydroxylation sites is 1. The Morgan fingerprint density at radius 3 is 2.95 bits per heavy atom. The maximum Gasteiger partial charge on any atom is 0.317 e. The summed E-state index contributed by atoms with van der Waals surface area (Å²) in [6, 6.07) is 8.41. The van der Waals surface area contributed by atoms with Gasteiger partial charge in [-0.15, -0.1) is 11.3 Å². The van der Waals surface area contributed by atoms with Crippen LogP contribution in [-0.2, 0) is 6.42 Å². The second-order valence-corrected chi connectivity index (χ2v) is 6.67. The summed E-state index contributed by atoms with van der Waals surface area (Å²) in [6.07, 6.45) is 3.87. The highest BCUT2D eigenvalue weighted by atomic mass is 32.1. The fourth-order valence-corrected chi connectivity index (χ4v) is 3.52. The molecule has 2 aromatic rings. The standard InChI is InChI=1S/C16H21N3O2S/c20-11-10-19(12-7-8-12)16(21)17-9-3-6-15-18-13-4-1-2-5-14(13)22-15/h1-2,4-5,12,20H,3,6-11H2,(H,17,21). The molecule has 0 bridgehead atoms. The first-order valence-corrected chi connectivity index (χ1v) is 8.59. The minimum Gasteiger partial charge on any atom is -0.395 e. The van der Waals surface area contributed by atoms with Gasteiger partial charge in [-0.3, -0.25) is 0 Å². The van der Waals surface area contributed by atoms with E-state index in [2.05, 4.69) is 16.4 Å². The number of nitrogens with one attached hydrogen (secondary N) is 1. The summed E-state index contributed by atoms with van der Waals surface area (Å²) >= 11 is 1.72. The number of fused-ring (bicyclic) bond motifs is 1. The van der Waals surface area contributed by atoms with Crippen LogP contribution < -0.4 is 5.32 Å². The molecule has 1 fully saturated rings. The van der Waals surface area contributed by atoms with Crippen molar-refractivity contribution in [2.75, 3.05) is 19.7 Å². The van der Waals surface area contributed by atoms with Crippen LogP contribution in [0.1, 0.15) is 24.3 Å². The van der Waals surface area contributed by atoms with E-state index in [1.807, 2.05) is 18.2 Å². The summed E-state index contributed by atoms with van der Waals surface area (Å²) in [5, 5.41) is 13.1. The smallest absolute Gasteiger partial charge is 0.317 e. The number of benzene rings is 1. The number of carbonyl (C=O) groups excluding carboxylic acids is 1. The number of carbonyl (C=O) groups is 1. The maximum absolute atomic E-state index is 12.1. The Morgan fingerprint density at radius 2 is 2.23 bits per heavy atom. The van der Waals surface area contributed by atoms with E-state index < -0.39 is 0 Å². The third-order valence-corrected chi connectivity index (χ3v) is 4.87. The Balaban J connectivity index is 1.43. The van der Waals surface area contributed by atoms with Gasteiger partial charge in [-0.2, -0.15) is 0 Å². The van der Waals surface area contributed by atoms with Crippen molar-refractivity contribution in [3.8, 4) is 0 Å². The van der Waals surface area contributed by atoms with E-state index in [0.717, 1.165) is 36.2 Å². The molecule has 3 rings (SSSR count). The van der Waals surface area contributed by atoms with Crippen molar-refractivity contribution in [3.05, 3.63) is 29.3 Å². The topological polar surface area (TPSA) is 65.5 Å². The molecule has 1 saturated carbocycles. The highest BCUT2D eigenvalue weighted by molar-refractivity contribution is 7.18. The lowest BCUT2D eigenvalue weighted by Gasteiger charge is -2.21. The Hall–Kier alpha value is -1.66. The van der Waals surface area contributed by atoms with Gasteiger partial charge in [0.15, 0.2) is 0 Å². The zero-order valence-electron chi connectivity index (χ0n) is 12.5. The summed E-state index contributed by atoms with van der Waals surface area (Å²) < 4.78 is 1.21. The van der Waals surface area contributed by atoms with Gasteiger partial charge in [-0.05, 0) is 31.4 Å². The van der Waals surface area contributed by atoms with Gasteiger partial charge in [-0.1, -0.05) is 12.1 Å². The van der Waals surface area contributed by atoms with Crippen molar-refractivity contribution in [3.63, 3.8) is 0 Å². The van der Waals surface area contributed by atoms with Crippen LogP contribution in [0.2, 0.25) is 0 Å². The van der Waals surface area contributed by atoms with Crippen LogP contribution in [0.4, 0.5) is 4.79 Å². The molecule has 1 aromatic carbocycles. The molecule has 2 N–H and O–H groups in total. The fourth-order valence-electron chi connectivity index (χ4n) is 2.51. The van der Waals surface area contributed by atoms with Crippen molar-refractivity contribution in [2.45, 2.75) is 31.7 Å². The van der Waals surface area contributed by atoms with Gasteiger partial charge in [0.05, 0.1) is 21.8 Å². The number of hydrogen-bond donors (Lipinski definition) is 2. The lowest BCUT2D eigenvalue weighted by molar-refractivity contribution is 0.173. The Labute approximate surface area is 134 Å². The van der Waals surface area contributed by atoms with Gasteiger partial charge in [0.25, 0.3) is 0 Å². The third kappa shape index (κ3) is 3.75. The highest BCUT2D eigenvalue weighted by Crippen LogP contribution is 2.26. The average molecular weight is 319 g/mol. The molecule has 2 amide bonds. The average Bonchev–Trinajstić information content (AvgIpc) is 3.27. The Bertz CT molecular complexity index is 606. The molecule has 0 unspecified atom stereocenters. The van der Waals surface area contributed by atoms with E-state index in [1.165, 1.54) is 4.70 Å². The maximum atomic E-state index is 12.1. The van der Waals surface area contributed by atoms with E-state index in [0.29, 0.717) is 19.1 Å². The molecule has 1 heterocycles. The molecular formula is C16H21N3O2S. The van der Waals surface area contributed by atoms with Crippen LogP contribution in [0, 0.1) is 0 Å². The number of amides is 2. The van der Waals surface area contributed by atoms with Crippen LogP contribution in [0.5, 0.6) is 0 Å². The predicted octanol–water partition coefficient (Wildman–Crippen LogP) is 2.40. The molecular weight excluding hydrogens is 298 g/mol. The zero-order valence-corrected chi connectivity index (χ0v) is 13.3. The lowest BCUT2D eigenvalue weighted by Crippen LogP contribution is -2.43. The number of aliphatic hydroxyl groups excluding tert-OH is 1. The van der Waals surface area contributed by atoms with Crippen molar-refractivity contribution in [1.82, 2.24) is 15.2 Å². The Kier molecular flexibility index (Phi) is 4.90. The summed E-state index contributed by atoms with van der Waals surface area (Å²) in [5.41, 5.74) is 1.05. The second-order valence-electron chi connectivity index (χ2n) is 5.56. The van der Waals surface area contributed by atoms with Crippen LogP contribution in [-0.4, -0.2) is 46.8 Å². The van der Waals surface area contributed by atoms with Gasteiger partial charge >= 0.3 is 6.03 Å². The molecule has 118 valence electrons. The molecule has 0 spiro atoms. The molecule has 5 nitrogen and oxygen atoms in total. The minimum absolute atomic E-state index is 0.0234. The van der Waals surface area contributed by atoms with Gasteiger partial charge < -0.3 is 15.3 Å². The monoisotopic (exact) mass is 319 g/mol. The first-order valence-electron chi connectivity index (χ1n) is 7.77. The number of aromatic nitrogens is 1. The third-order valence-electron chi connectivity index (χ3n) is 3.77. The number of rotatable bonds is 7. The SMILES string of the molecule is O=C(NCCCc1nc2ccccc2s1)N(CCO)C1CC1. The Morgan fingerprint density at radius 1 is 1.41 bits per heavy atom. The zero-order chi connectivity index (χ0) is 15.4. The first kappa shape index (κ1) is 15.2. The molecule has 0 atom stereocenters. The quantitative estimate of drug-likeness (QED) is 0.770. The fraction of sp³-hybridized carbons (Fsp3) is 0.500. The van der Waals surface area contributed by atoms with E-state index >= 15 is 0 Å². The molecule has 0 saturated heterocycles. The highest BCUT2D eigenvalue weighted by Gasteiger charge is 2.31. The minimum atomic E-state index is -0.0548. The van der Waals surface area contributed by atoms with Crippen LogP contribution in [0.3, 0.4) is 0 Å². The molecule has 1 aromatic heterocycles. The van der Waals surface area contributed by atoms with Crippen LogP contribution in [0.15, 0.2) is 24.3 Å². The summed E-state index contributed by atoms with van der Waals surface area (Å²) in [4.78, 5) is 18.4. The molecule has 1 aliphatic rings. The number of aryl methyl sites for hydroxylation is 1. The van der Waals surface area contributed by atoms with Crippen molar-refractivity contribution >= 4 is 27.6 Å². The van der Waals surface area contributed by atoms with E-state index in [-0.39, 0.29) is 12.6 Å². The van der Waals surface area contributed by atoms with E-state index in [1.54, 1.807) is 16.2 Å². The van der Waals surface area contributed by atoms with Crippen LogP contribution in [0.25, 0.3) is 10.2 Å². The van der Waals surface area contributed by atoms with Crippen LogP contribution >= 0.6 is 11.3 Å². The number of aliphatic hydroxyl groups is 1. The number of thiazole rings is 1. The summed E-state index contributed by atoms with van der Waals surface area (Å²) in [6.45, 7) is 1.09. The predicted molar refractivity (Wildman–Crippen MR) is 88.2 cm³/mol. The lowest BCUT2D eigenvalue weighted by atomic mass is 10.3. The first-order chi connectivity index (χ1) is 10.8. The summed E-state index contributed by atoms with van der Waals surface area (Å²) in [7, 11) is 0. The second kappa shape index (κ2) is 7.07. The molecule has 0 radical (unpaired) electrons. The van der Waals surface area contributed by atoms with Gasteiger partial charge in [0.2, 0.25) is 0 Å². The van der Waals surface area contributed by atoms with Gasteiger partial charge in [-0.25, -0.2) is 9.78 Å². The van der Waals surface area contributed by atoms with E-state index in [9.17, 15) is 4.79 Å².